The van der Waals surface area contributed by atoms with E-state index in [1.807, 2.05) is 0 Å². The summed E-state index contributed by atoms with van der Waals surface area (Å²) in [7, 11) is 0. The van der Waals surface area contributed by atoms with Gasteiger partial charge in [0, 0.05) is 34.6 Å². The first-order valence-corrected chi connectivity index (χ1v) is 10.8. The number of pyridine rings is 2. The van der Waals surface area contributed by atoms with E-state index in [1.54, 1.807) is 18.2 Å². The Labute approximate surface area is 198 Å². The molecule has 4 rings (SSSR count). The van der Waals surface area contributed by atoms with E-state index in [1.165, 1.54) is 18.3 Å². The Kier molecular flexibility index (Phi) is 6.25. The molecule has 8 nitrogen and oxygen atoms in total. The maximum atomic E-state index is 13.4. The Balaban J connectivity index is 1.90. The molecule has 2 heterocycles. The third kappa shape index (κ3) is 4.44. The molecule has 0 saturated carbocycles. The van der Waals surface area contributed by atoms with Gasteiger partial charge in [-0.3, -0.25) is 15.6 Å². The van der Waals surface area contributed by atoms with Gasteiger partial charge in [0.25, 0.3) is 5.91 Å². The predicted molar refractivity (Wildman–Crippen MR) is 128 cm³/mol. The zero-order valence-corrected chi connectivity index (χ0v) is 18.5. The summed E-state index contributed by atoms with van der Waals surface area (Å²) in [4.78, 5) is 21.3. The van der Waals surface area contributed by atoms with Crippen LogP contribution in [0, 0.1) is 10.8 Å². The number of nitrogens with two attached hydrogens (primary N) is 2. The van der Waals surface area contributed by atoms with Crippen molar-refractivity contribution in [3.8, 4) is 0 Å². The second-order valence-corrected chi connectivity index (χ2v) is 8.05. The molecule has 1 aromatic carbocycles. The third-order valence-corrected chi connectivity index (χ3v) is 5.86. The van der Waals surface area contributed by atoms with Crippen molar-refractivity contribution in [1.82, 2.24) is 9.97 Å². The average Bonchev–Trinajstić information content (AvgIpc) is 2.84. The van der Waals surface area contributed by atoms with Crippen molar-refractivity contribution >= 4 is 45.3 Å². The number of halogens is 3. The molecule has 35 heavy (non-hydrogen) atoms. The second kappa shape index (κ2) is 9.16. The number of aromatic nitrogens is 2. The summed E-state index contributed by atoms with van der Waals surface area (Å²) in [6.45, 7) is 0. The lowest BCUT2D eigenvalue weighted by Crippen LogP contribution is -2.26. The highest BCUT2D eigenvalue weighted by Gasteiger charge is 2.39. The van der Waals surface area contributed by atoms with Crippen LogP contribution in [0.25, 0.3) is 16.5 Å². The number of amides is 1. The van der Waals surface area contributed by atoms with Gasteiger partial charge in [-0.25, -0.2) is 9.97 Å². The summed E-state index contributed by atoms with van der Waals surface area (Å²) in [5.74, 6) is -0.482. The first-order valence-electron chi connectivity index (χ1n) is 10.8. The molecule has 0 bridgehead atoms. The molecule has 0 aliphatic heterocycles. The number of fused-ring (bicyclic) bond motifs is 3. The molecule has 3 aromatic rings. The summed E-state index contributed by atoms with van der Waals surface area (Å²) >= 11 is 0. The highest BCUT2D eigenvalue weighted by atomic mass is 19.4. The van der Waals surface area contributed by atoms with E-state index in [0.717, 1.165) is 12.6 Å². The number of hydrogen-bond donors (Lipinski definition) is 5. The minimum absolute atomic E-state index is 0.0165. The van der Waals surface area contributed by atoms with Crippen LogP contribution in [0.4, 0.5) is 24.7 Å². The number of carbonyl (C=O) groups excluding carboxylic acids is 1. The highest BCUT2D eigenvalue weighted by Crippen LogP contribution is 2.38. The number of nitrogen functional groups attached to an aromatic ring is 1. The van der Waals surface area contributed by atoms with Crippen LogP contribution in [0.2, 0.25) is 0 Å². The number of rotatable bonds is 5. The normalized spacial score (nSPS) is 13.9. The topological polar surface area (TPSA) is 155 Å². The number of carbonyl (C=O) groups is 1. The lowest BCUT2D eigenvalue weighted by atomic mass is 9.83. The van der Waals surface area contributed by atoms with Crippen LogP contribution in [0.15, 0.2) is 42.7 Å². The van der Waals surface area contributed by atoms with Gasteiger partial charge in [-0.2, -0.15) is 13.2 Å². The molecule has 2 aromatic heterocycles. The Bertz CT molecular complexity index is 1380. The SMILES string of the molecule is N=C(C(=O)Nc1ccccn1)c1c(N)ccc2nc(/C(=C/N)C(=N)C(F)(F)F)c3c(c12)CCCC3. The zero-order chi connectivity index (χ0) is 25.3. The van der Waals surface area contributed by atoms with Crippen molar-refractivity contribution in [3.63, 3.8) is 0 Å². The molecule has 0 unspecified atom stereocenters. The molecule has 0 fully saturated rings. The van der Waals surface area contributed by atoms with Gasteiger partial charge in [0.1, 0.15) is 17.2 Å². The lowest BCUT2D eigenvalue weighted by Gasteiger charge is -2.24. The fourth-order valence-corrected chi connectivity index (χ4v) is 4.29. The van der Waals surface area contributed by atoms with E-state index in [4.69, 9.17) is 22.3 Å². The van der Waals surface area contributed by atoms with Gasteiger partial charge in [-0.15, -0.1) is 0 Å². The largest absolute Gasteiger partial charge is 0.433 e. The summed E-state index contributed by atoms with van der Waals surface area (Å²) < 4.78 is 40.1. The standard InChI is InChI=1S/C24H22F3N7O/c25-24(26,27)22(31)14(11-28)21-13-6-2-1-5-12(13)18-16(33-21)9-8-15(29)19(18)20(30)23(35)34-17-7-3-4-10-32-17/h3-4,7-11,30-31H,1-2,5-6,28-29H2,(H,32,34,35)/b14-11-,30-20?,31-22?. The summed E-state index contributed by atoms with van der Waals surface area (Å²) in [6, 6.07) is 7.92. The third-order valence-electron chi connectivity index (χ3n) is 5.86. The van der Waals surface area contributed by atoms with Gasteiger partial charge in [0.15, 0.2) is 0 Å². The van der Waals surface area contributed by atoms with E-state index in [-0.39, 0.29) is 28.3 Å². The van der Waals surface area contributed by atoms with Gasteiger partial charge in [0.2, 0.25) is 0 Å². The molecule has 1 amide bonds. The van der Waals surface area contributed by atoms with Gasteiger partial charge in [-0.05, 0) is 61.1 Å². The van der Waals surface area contributed by atoms with E-state index in [9.17, 15) is 18.0 Å². The molecule has 180 valence electrons. The maximum Gasteiger partial charge on any atom is 0.433 e. The van der Waals surface area contributed by atoms with E-state index >= 15 is 0 Å². The summed E-state index contributed by atoms with van der Waals surface area (Å²) in [6.07, 6.45) is -0.289. The summed E-state index contributed by atoms with van der Waals surface area (Å²) in [5, 5.41) is 19.2. The molecule has 0 radical (unpaired) electrons. The molecule has 7 N–H and O–H groups in total. The molecular formula is C24H22F3N7O. The van der Waals surface area contributed by atoms with E-state index in [0.29, 0.717) is 35.8 Å². The fraction of sp³-hybridized carbons (Fsp3) is 0.208. The van der Waals surface area contributed by atoms with Crippen molar-refractivity contribution in [2.75, 3.05) is 11.1 Å². The highest BCUT2D eigenvalue weighted by molar-refractivity contribution is 6.50. The van der Waals surface area contributed by atoms with Crippen LogP contribution in [0.5, 0.6) is 0 Å². The maximum absolute atomic E-state index is 13.4. The molecule has 1 aliphatic rings. The number of nitrogens with zero attached hydrogens (tertiary/aromatic N) is 2. The number of hydrogen-bond acceptors (Lipinski definition) is 7. The van der Waals surface area contributed by atoms with Gasteiger partial charge >= 0.3 is 6.18 Å². The van der Waals surface area contributed by atoms with Crippen LogP contribution < -0.4 is 16.8 Å². The number of alkyl halides is 3. The molecule has 11 heteroatoms. The van der Waals surface area contributed by atoms with Crippen molar-refractivity contribution in [1.29, 1.82) is 10.8 Å². The van der Waals surface area contributed by atoms with Crippen LogP contribution in [0.3, 0.4) is 0 Å². The number of anilines is 2. The van der Waals surface area contributed by atoms with Gasteiger partial charge in [-0.1, -0.05) is 6.07 Å². The smallest absolute Gasteiger partial charge is 0.404 e. The van der Waals surface area contributed by atoms with Gasteiger partial charge in [0.05, 0.1) is 11.2 Å². The van der Waals surface area contributed by atoms with Crippen molar-refractivity contribution in [2.45, 2.75) is 31.9 Å². The Morgan fingerprint density at radius 3 is 2.43 bits per heavy atom. The molecule has 1 aliphatic carbocycles. The predicted octanol–water partition coefficient (Wildman–Crippen LogP) is 3.98. The Morgan fingerprint density at radius 1 is 1.09 bits per heavy atom. The van der Waals surface area contributed by atoms with Crippen molar-refractivity contribution in [3.05, 3.63) is 65.1 Å². The molecule has 0 atom stereocenters. The van der Waals surface area contributed by atoms with Crippen LogP contribution in [-0.4, -0.2) is 33.5 Å². The second-order valence-electron chi connectivity index (χ2n) is 8.05. The first kappa shape index (κ1) is 23.9. The number of benzene rings is 1. The zero-order valence-electron chi connectivity index (χ0n) is 18.5. The number of allylic oxidation sites excluding steroid dienone is 1. The first-order chi connectivity index (χ1) is 16.6. The van der Waals surface area contributed by atoms with Crippen LogP contribution in [-0.2, 0) is 17.6 Å². The number of nitrogens with one attached hydrogen (secondary N) is 3. The minimum atomic E-state index is -4.90. The Morgan fingerprint density at radius 2 is 1.80 bits per heavy atom. The fourth-order valence-electron chi connectivity index (χ4n) is 4.29. The lowest BCUT2D eigenvalue weighted by molar-refractivity contribution is -0.110. The molecular weight excluding hydrogens is 459 g/mol. The van der Waals surface area contributed by atoms with Crippen LogP contribution >= 0.6 is 0 Å². The quantitative estimate of drug-likeness (QED) is 0.275. The minimum Gasteiger partial charge on any atom is -0.404 e. The average molecular weight is 481 g/mol. The van der Waals surface area contributed by atoms with E-state index < -0.39 is 29.1 Å². The monoisotopic (exact) mass is 481 g/mol. The molecule has 0 spiro atoms. The van der Waals surface area contributed by atoms with E-state index in [2.05, 4.69) is 15.3 Å². The number of aryl methyl sites for hydroxylation is 1. The molecule has 0 saturated heterocycles. The van der Waals surface area contributed by atoms with Crippen LogP contribution in [0.1, 0.15) is 35.2 Å². The summed E-state index contributed by atoms with van der Waals surface area (Å²) in [5.41, 5.74) is 11.0. The van der Waals surface area contributed by atoms with Crippen molar-refractivity contribution in [2.24, 2.45) is 5.73 Å². The van der Waals surface area contributed by atoms with Crippen molar-refractivity contribution < 1.29 is 18.0 Å². The Hall–Kier alpha value is -4.28. The van der Waals surface area contributed by atoms with Gasteiger partial charge < -0.3 is 16.8 Å².